The number of halogens is 1. The molecular weight excluding hydrogens is 445 g/mol. The molecule has 0 bridgehead atoms. The van der Waals surface area contributed by atoms with Crippen LogP contribution in [0.15, 0.2) is 23.2 Å². The van der Waals surface area contributed by atoms with Crippen LogP contribution in [-0.2, 0) is 6.54 Å². The van der Waals surface area contributed by atoms with Crippen molar-refractivity contribution >= 4 is 29.9 Å². The smallest absolute Gasteiger partial charge is 0.231 e. The monoisotopic (exact) mass is 477 g/mol. The van der Waals surface area contributed by atoms with Gasteiger partial charge in [-0.3, -0.25) is 0 Å². The normalized spacial score (nSPS) is 14.1. The standard InChI is InChI=1S/C19H31N3O3.HI/c1-4-20-19(22-12-16(7-8-23)9-14(2)3)21-11-15-5-6-17-18(10-15)25-13-24-17;/h5-6,10,14,16,23H,4,7-9,11-13H2,1-3H3,(H2,20,21,22);1H. The Bertz CT molecular complexity index is 567. The minimum Gasteiger partial charge on any atom is -0.454 e. The molecule has 0 aliphatic carbocycles. The van der Waals surface area contributed by atoms with Crippen molar-refractivity contribution in [1.82, 2.24) is 10.6 Å². The number of hydrogen-bond donors (Lipinski definition) is 3. The van der Waals surface area contributed by atoms with Crippen molar-refractivity contribution in [3.8, 4) is 11.5 Å². The second kappa shape index (κ2) is 12.2. The number of aliphatic hydroxyl groups is 1. The molecule has 148 valence electrons. The minimum absolute atomic E-state index is 0. The highest BCUT2D eigenvalue weighted by atomic mass is 127. The maximum Gasteiger partial charge on any atom is 0.231 e. The number of rotatable bonds is 9. The second-order valence-electron chi connectivity index (χ2n) is 6.77. The van der Waals surface area contributed by atoms with E-state index < -0.39 is 0 Å². The van der Waals surface area contributed by atoms with E-state index in [0.29, 0.717) is 18.4 Å². The summed E-state index contributed by atoms with van der Waals surface area (Å²) in [6, 6.07) is 5.91. The van der Waals surface area contributed by atoms with Gasteiger partial charge in [0, 0.05) is 19.7 Å². The van der Waals surface area contributed by atoms with Gasteiger partial charge in [-0.25, -0.2) is 4.99 Å². The van der Waals surface area contributed by atoms with Crippen molar-refractivity contribution in [3.63, 3.8) is 0 Å². The summed E-state index contributed by atoms with van der Waals surface area (Å²) in [6.07, 6.45) is 1.90. The lowest BCUT2D eigenvalue weighted by Crippen LogP contribution is -2.40. The highest BCUT2D eigenvalue weighted by Gasteiger charge is 2.14. The summed E-state index contributed by atoms with van der Waals surface area (Å²) >= 11 is 0. The number of nitrogens with zero attached hydrogens (tertiary/aromatic N) is 1. The van der Waals surface area contributed by atoms with Gasteiger partial charge in [-0.15, -0.1) is 24.0 Å². The average molecular weight is 477 g/mol. The Morgan fingerprint density at radius 2 is 2.00 bits per heavy atom. The average Bonchev–Trinajstić information content (AvgIpc) is 3.04. The van der Waals surface area contributed by atoms with E-state index in [1.54, 1.807) is 0 Å². The summed E-state index contributed by atoms with van der Waals surface area (Å²) in [6.45, 7) is 9.18. The summed E-state index contributed by atoms with van der Waals surface area (Å²) in [5.74, 6) is 3.43. The van der Waals surface area contributed by atoms with Gasteiger partial charge in [-0.05, 0) is 49.3 Å². The quantitative estimate of drug-likeness (QED) is 0.290. The van der Waals surface area contributed by atoms with Crippen molar-refractivity contribution in [2.45, 2.75) is 40.2 Å². The molecular formula is C19H32IN3O3. The summed E-state index contributed by atoms with van der Waals surface area (Å²) in [4.78, 5) is 4.66. The van der Waals surface area contributed by atoms with Crippen LogP contribution in [0.3, 0.4) is 0 Å². The lowest BCUT2D eigenvalue weighted by atomic mass is 9.94. The predicted molar refractivity (Wildman–Crippen MR) is 115 cm³/mol. The lowest BCUT2D eigenvalue weighted by Gasteiger charge is -2.20. The van der Waals surface area contributed by atoms with Gasteiger partial charge in [0.15, 0.2) is 17.5 Å². The van der Waals surface area contributed by atoms with Gasteiger partial charge in [-0.2, -0.15) is 0 Å². The molecule has 0 saturated heterocycles. The molecule has 0 saturated carbocycles. The van der Waals surface area contributed by atoms with Crippen molar-refractivity contribution in [2.75, 3.05) is 26.5 Å². The summed E-state index contributed by atoms with van der Waals surface area (Å²) in [5, 5.41) is 15.9. The van der Waals surface area contributed by atoms with E-state index in [9.17, 15) is 5.11 Å². The number of hydrogen-bond acceptors (Lipinski definition) is 4. The Labute approximate surface area is 173 Å². The molecule has 1 unspecified atom stereocenters. The van der Waals surface area contributed by atoms with E-state index in [1.807, 2.05) is 18.2 Å². The molecule has 2 rings (SSSR count). The van der Waals surface area contributed by atoms with E-state index in [1.165, 1.54) is 0 Å². The number of aliphatic imine (C=N–C) groups is 1. The third-order valence-corrected chi connectivity index (χ3v) is 4.10. The van der Waals surface area contributed by atoms with Gasteiger partial charge in [0.25, 0.3) is 0 Å². The maximum atomic E-state index is 9.25. The molecule has 0 radical (unpaired) electrons. The van der Waals surface area contributed by atoms with Crippen molar-refractivity contribution in [3.05, 3.63) is 23.8 Å². The van der Waals surface area contributed by atoms with Crippen molar-refractivity contribution in [1.29, 1.82) is 0 Å². The largest absolute Gasteiger partial charge is 0.454 e. The van der Waals surface area contributed by atoms with Gasteiger partial charge in [0.1, 0.15) is 0 Å². The van der Waals surface area contributed by atoms with E-state index in [2.05, 4.69) is 36.4 Å². The van der Waals surface area contributed by atoms with Crippen LogP contribution in [0.5, 0.6) is 11.5 Å². The number of nitrogens with one attached hydrogen (secondary N) is 2. The number of aliphatic hydroxyl groups excluding tert-OH is 1. The highest BCUT2D eigenvalue weighted by molar-refractivity contribution is 14.0. The van der Waals surface area contributed by atoms with Crippen LogP contribution in [-0.4, -0.2) is 37.6 Å². The molecule has 1 atom stereocenters. The van der Waals surface area contributed by atoms with E-state index >= 15 is 0 Å². The summed E-state index contributed by atoms with van der Waals surface area (Å²) in [7, 11) is 0. The number of guanidine groups is 1. The number of fused-ring (bicyclic) bond motifs is 1. The fourth-order valence-corrected chi connectivity index (χ4v) is 2.94. The van der Waals surface area contributed by atoms with Crippen LogP contribution in [0.2, 0.25) is 0 Å². The van der Waals surface area contributed by atoms with Gasteiger partial charge < -0.3 is 25.2 Å². The number of ether oxygens (including phenoxy) is 2. The molecule has 26 heavy (non-hydrogen) atoms. The third-order valence-electron chi connectivity index (χ3n) is 4.10. The molecule has 1 aliphatic rings. The molecule has 1 aromatic carbocycles. The zero-order valence-corrected chi connectivity index (χ0v) is 18.3. The Hall–Kier alpha value is -1.22. The van der Waals surface area contributed by atoms with Crippen LogP contribution in [0.4, 0.5) is 0 Å². The van der Waals surface area contributed by atoms with Crippen LogP contribution < -0.4 is 20.1 Å². The lowest BCUT2D eigenvalue weighted by molar-refractivity contribution is 0.174. The van der Waals surface area contributed by atoms with Crippen LogP contribution in [0, 0.1) is 11.8 Å². The van der Waals surface area contributed by atoms with Gasteiger partial charge >= 0.3 is 0 Å². The second-order valence-corrected chi connectivity index (χ2v) is 6.77. The van der Waals surface area contributed by atoms with E-state index in [-0.39, 0.29) is 37.4 Å². The van der Waals surface area contributed by atoms with Crippen LogP contribution in [0.25, 0.3) is 0 Å². The Balaban J connectivity index is 0.00000338. The van der Waals surface area contributed by atoms with Crippen LogP contribution in [0.1, 0.15) is 39.2 Å². The molecule has 3 N–H and O–H groups in total. The molecule has 7 heteroatoms. The topological polar surface area (TPSA) is 75.1 Å². The Kier molecular flexibility index (Phi) is 10.7. The third kappa shape index (κ3) is 7.57. The first kappa shape index (κ1) is 22.8. The molecule has 0 spiro atoms. The highest BCUT2D eigenvalue weighted by Crippen LogP contribution is 2.32. The van der Waals surface area contributed by atoms with E-state index in [4.69, 9.17) is 9.47 Å². The van der Waals surface area contributed by atoms with E-state index in [0.717, 1.165) is 49.0 Å². The minimum atomic E-state index is 0. The fourth-order valence-electron chi connectivity index (χ4n) is 2.94. The molecule has 1 aromatic rings. The van der Waals surface area contributed by atoms with Crippen molar-refractivity contribution < 1.29 is 14.6 Å². The first-order chi connectivity index (χ1) is 12.1. The SMILES string of the molecule is CCNC(=NCc1ccc2c(c1)OCO2)NCC(CCO)CC(C)C.I. The predicted octanol–water partition coefficient (Wildman–Crippen LogP) is 3.13. The van der Waals surface area contributed by atoms with Crippen molar-refractivity contribution in [2.24, 2.45) is 16.8 Å². The molecule has 0 amide bonds. The maximum absolute atomic E-state index is 9.25. The fraction of sp³-hybridized carbons (Fsp3) is 0.632. The molecule has 0 aromatic heterocycles. The first-order valence-electron chi connectivity index (χ1n) is 9.14. The van der Waals surface area contributed by atoms with Gasteiger partial charge in [-0.1, -0.05) is 19.9 Å². The molecule has 0 fully saturated rings. The zero-order chi connectivity index (χ0) is 18.1. The van der Waals surface area contributed by atoms with Crippen LogP contribution >= 0.6 is 24.0 Å². The first-order valence-corrected chi connectivity index (χ1v) is 9.14. The summed E-state index contributed by atoms with van der Waals surface area (Å²) < 4.78 is 10.7. The summed E-state index contributed by atoms with van der Waals surface area (Å²) in [5.41, 5.74) is 1.08. The Morgan fingerprint density at radius 3 is 2.69 bits per heavy atom. The molecule has 1 heterocycles. The Morgan fingerprint density at radius 1 is 1.23 bits per heavy atom. The number of benzene rings is 1. The van der Waals surface area contributed by atoms with Gasteiger partial charge in [0.05, 0.1) is 6.54 Å². The molecule has 1 aliphatic heterocycles. The molecule has 6 nitrogen and oxygen atoms in total. The zero-order valence-electron chi connectivity index (χ0n) is 16.0. The van der Waals surface area contributed by atoms with Gasteiger partial charge in [0.2, 0.25) is 6.79 Å².